The molecule has 1 heterocycles. The average Bonchev–Trinajstić information content (AvgIpc) is 2.85. The van der Waals surface area contributed by atoms with Crippen molar-refractivity contribution in [2.24, 2.45) is 0 Å². The van der Waals surface area contributed by atoms with Crippen molar-refractivity contribution in [2.75, 3.05) is 31.5 Å². The number of piperazine rings is 1. The maximum Gasteiger partial charge on any atom is 0.243 e. The molecule has 0 radical (unpaired) electrons. The highest BCUT2D eigenvalue weighted by Gasteiger charge is 2.32. The van der Waals surface area contributed by atoms with Crippen molar-refractivity contribution < 1.29 is 13.2 Å². The molecule has 1 aliphatic rings. The molecule has 1 atom stereocenters. The van der Waals surface area contributed by atoms with Crippen LogP contribution in [0.4, 0.5) is 5.69 Å². The zero-order valence-corrected chi connectivity index (χ0v) is 19.9. The van der Waals surface area contributed by atoms with Crippen LogP contribution in [0.2, 0.25) is 5.02 Å². The highest BCUT2D eigenvalue weighted by molar-refractivity contribution is 7.89. The van der Waals surface area contributed by atoms with Gasteiger partial charge in [-0.1, -0.05) is 60.1 Å². The molecule has 1 amide bonds. The molecule has 172 valence electrons. The Morgan fingerprint density at radius 1 is 0.879 bits per heavy atom. The Morgan fingerprint density at radius 2 is 1.48 bits per heavy atom. The first-order valence-electron chi connectivity index (χ1n) is 10.8. The molecule has 1 saturated heterocycles. The number of carbonyl (C=O) groups excluding carboxylic acids is 1. The highest BCUT2D eigenvalue weighted by atomic mass is 35.5. The molecule has 33 heavy (non-hydrogen) atoms. The molecule has 6 nitrogen and oxygen atoms in total. The molecule has 8 heteroatoms. The van der Waals surface area contributed by atoms with E-state index >= 15 is 0 Å². The van der Waals surface area contributed by atoms with Crippen molar-refractivity contribution in [1.82, 2.24) is 9.21 Å². The van der Waals surface area contributed by atoms with E-state index in [1.54, 1.807) is 12.1 Å². The van der Waals surface area contributed by atoms with E-state index in [0.717, 1.165) is 16.8 Å². The minimum atomic E-state index is -3.59. The van der Waals surface area contributed by atoms with E-state index in [-0.39, 0.29) is 10.8 Å². The molecule has 1 unspecified atom stereocenters. The number of sulfonamides is 1. The van der Waals surface area contributed by atoms with Crippen LogP contribution in [0.15, 0.2) is 83.8 Å². The fourth-order valence-electron chi connectivity index (χ4n) is 3.95. The molecular weight excluding hydrogens is 458 g/mol. The van der Waals surface area contributed by atoms with E-state index in [0.29, 0.717) is 31.2 Å². The lowest BCUT2D eigenvalue weighted by molar-refractivity contribution is -0.121. The van der Waals surface area contributed by atoms with Gasteiger partial charge in [0.15, 0.2) is 0 Å². The summed E-state index contributed by atoms with van der Waals surface area (Å²) in [5, 5.41) is 3.55. The molecular formula is C25H26ClN3O3S. The molecule has 1 fully saturated rings. The summed E-state index contributed by atoms with van der Waals surface area (Å²) in [5.41, 5.74) is 2.74. The number of rotatable bonds is 6. The topological polar surface area (TPSA) is 69.7 Å². The van der Waals surface area contributed by atoms with Crippen LogP contribution in [0.3, 0.4) is 0 Å². The van der Waals surface area contributed by atoms with Crippen molar-refractivity contribution in [3.8, 4) is 11.1 Å². The molecule has 0 aliphatic carbocycles. The largest absolute Gasteiger partial charge is 0.324 e. The molecule has 0 spiro atoms. The zero-order valence-electron chi connectivity index (χ0n) is 18.3. The number of hydrogen-bond donors (Lipinski definition) is 1. The van der Waals surface area contributed by atoms with Gasteiger partial charge < -0.3 is 5.32 Å². The molecule has 0 bridgehead atoms. The van der Waals surface area contributed by atoms with Gasteiger partial charge in [0, 0.05) is 42.5 Å². The summed E-state index contributed by atoms with van der Waals surface area (Å²) in [7, 11) is -3.59. The third-order valence-corrected chi connectivity index (χ3v) is 8.09. The van der Waals surface area contributed by atoms with Gasteiger partial charge in [-0.25, -0.2) is 8.42 Å². The van der Waals surface area contributed by atoms with Gasteiger partial charge in [0.2, 0.25) is 15.9 Å². The average molecular weight is 484 g/mol. The van der Waals surface area contributed by atoms with Gasteiger partial charge in [-0.05, 0) is 42.8 Å². The number of nitrogens with one attached hydrogen (secondary N) is 1. The van der Waals surface area contributed by atoms with Gasteiger partial charge in [-0.2, -0.15) is 4.31 Å². The molecule has 4 rings (SSSR count). The second kappa shape index (κ2) is 10.1. The third kappa shape index (κ3) is 5.28. The van der Waals surface area contributed by atoms with Crippen LogP contribution < -0.4 is 5.32 Å². The summed E-state index contributed by atoms with van der Waals surface area (Å²) < 4.78 is 27.3. The lowest BCUT2D eigenvalue weighted by atomic mass is 10.0. The molecule has 3 aromatic rings. The molecule has 1 N–H and O–H groups in total. The predicted molar refractivity (Wildman–Crippen MR) is 132 cm³/mol. The second-order valence-electron chi connectivity index (χ2n) is 7.97. The van der Waals surface area contributed by atoms with Crippen molar-refractivity contribution in [3.63, 3.8) is 0 Å². The van der Waals surface area contributed by atoms with Gasteiger partial charge in [0.25, 0.3) is 0 Å². The Hall–Kier alpha value is -2.71. The van der Waals surface area contributed by atoms with E-state index in [1.165, 1.54) is 16.4 Å². The quantitative estimate of drug-likeness (QED) is 0.566. The molecule has 0 saturated carbocycles. The van der Waals surface area contributed by atoms with E-state index < -0.39 is 16.1 Å². The normalized spacial score (nSPS) is 16.3. The number of amides is 1. The maximum atomic E-state index is 13.0. The molecule has 0 aromatic heterocycles. The summed E-state index contributed by atoms with van der Waals surface area (Å²) >= 11 is 5.88. The minimum Gasteiger partial charge on any atom is -0.324 e. The lowest BCUT2D eigenvalue weighted by Crippen LogP contribution is -2.53. The summed E-state index contributed by atoms with van der Waals surface area (Å²) in [6.45, 7) is 3.44. The number of carbonyl (C=O) groups is 1. The number of hydrogen-bond acceptors (Lipinski definition) is 4. The number of para-hydroxylation sites is 1. The van der Waals surface area contributed by atoms with Crippen LogP contribution in [0, 0.1) is 0 Å². The maximum absolute atomic E-state index is 13.0. The summed E-state index contributed by atoms with van der Waals surface area (Å²) in [6.07, 6.45) is 0. The van der Waals surface area contributed by atoms with Crippen molar-refractivity contribution in [3.05, 3.63) is 83.9 Å². The second-order valence-corrected chi connectivity index (χ2v) is 10.3. The summed E-state index contributed by atoms with van der Waals surface area (Å²) in [5.74, 6) is -0.118. The molecule has 1 aliphatic heterocycles. The Morgan fingerprint density at radius 3 is 2.15 bits per heavy atom. The Labute approximate surface area is 199 Å². The summed E-state index contributed by atoms with van der Waals surface area (Å²) in [6, 6.07) is 23.4. The van der Waals surface area contributed by atoms with E-state index in [2.05, 4.69) is 5.32 Å². The SMILES string of the molecule is CC(C(=O)Nc1ccccc1-c1ccccc1)N1CCN(S(=O)(=O)c2ccc(Cl)cc2)CC1. The van der Waals surface area contributed by atoms with Gasteiger partial charge in [-0.3, -0.25) is 9.69 Å². The predicted octanol–water partition coefficient (Wildman–Crippen LogP) is 4.34. The van der Waals surface area contributed by atoms with Crippen LogP contribution in [-0.4, -0.2) is 55.8 Å². The van der Waals surface area contributed by atoms with Crippen molar-refractivity contribution in [2.45, 2.75) is 17.9 Å². The Bertz CT molecular complexity index is 1210. The fraction of sp³-hybridized carbons (Fsp3) is 0.240. The van der Waals surface area contributed by atoms with Crippen LogP contribution in [-0.2, 0) is 14.8 Å². The zero-order chi connectivity index (χ0) is 23.4. The van der Waals surface area contributed by atoms with E-state index in [9.17, 15) is 13.2 Å². The van der Waals surface area contributed by atoms with Gasteiger partial charge in [0.1, 0.15) is 0 Å². The monoisotopic (exact) mass is 483 g/mol. The smallest absolute Gasteiger partial charge is 0.243 e. The van der Waals surface area contributed by atoms with Crippen molar-refractivity contribution in [1.29, 1.82) is 0 Å². The number of benzene rings is 3. The van der Waals surface area contributed by atoms with Gasteiger partial charge in [0.05, 0.1) is 10.9 Å². The third-order valence-electron chi connectivity index (χ3n) is 5.92. The van der Waals surface area contributed by atoms with Crippen LogP contribution in [0.1, 0.15) is 6.92 Å². The van der Waals surface area contributed by atoms with E-state index in [1.807, 2.05) is 66.4 Å². The van der Waals surface area contributed by atoms with Gasteiger partial charge in [-0.15, -0.1) is 0 Å². The minimum absolute atomic E-state index is 0.118. The first-order chi connectivity index (χ1) is 15.9. The van der Waals surface area contributed by atoms with Crippen LogP contribution in [0.5, 0.6) is 0 Å². The lowest BCUT2D eigenvalue weighted by Gasteiger charge is -2.36. The van der Waals surface area contributed by atoms with Crippen molar-refractivity contribution >= 4 is 33.2 Å². The van der Waals surface area contributed by atoms with Gasteiger partial charge >= 0.3 is 0 Å². The molecule has 3 aromatic carbocycles. The van der Waals surface area contributed by atoms with Crippen LogP contribution >= 0.6 is 11.6 Å². The highest BCUT2D eigenvalue weighted by Crippen LogP contribution is 2.28. The number of halogens is 1. The van der Waals surface area contributed by atoms with Crippen LogP contribution in [0.25, 0.3) is 11.1 Å². The first kappa shape index (κ1) is 23.4. The number of nitrogens with zero attached hydrogens (tertiary/aromatic N) is 2. The fourth-order valence-corrected chi connectivity index (χ4v) is 5.50. The number of anilines is 1. The Balaban J connectivity index is 1.40. The summed E-state index contributed by atoms with van der Waals surface area (Å²) in [4.78, 5) is 15.3. The Kier molecular flexibility index (Phi) is 7.14. The standard InChI is InChI=1S/C25H26ClN3O3S/c1-19(25(30)27-24-10-6-5-9-23(24)20-7-3-2-4-8-20)28-15-17-29(18-16-28)33(31,32)22-13-11-21(26)12-14-22/h2-14,19H,15-18H2,1H3,(H,27,30). The van der Waals surface area contributed by atoms with E-state index in [4.69, 9.17) is 11.6 Å². The first-order valence-corrected chi connectivity index (χ1v) is 12.6.